The summed E-state index contributed by atoms with van der Waals surface area (Å²) in [6, 6.07) is 13.2. The summed E-state index contributed by atoms with van der Waals surface area (Å²) in [5.74, 6) is -2.25. The van der Waals surface area contributed by atoms with Gasteiger partial charge in [-0.15, -0.1) is 0 Å². The zero-order chi connectivity index (χ0) is 21.4. The molecule has 2 aromatic rings. The smallest absolute Gasteiger partial charge is 0.426 e. The van der Waals surface area contributed by atoms with Gasteiger partial charge in [-0.05, 0) is 46.2 Å². The molecule has 29 heavy (non-hydrogen) atoms. The predicted octanol–water partition coefficient (Wildman–Crippen LogP) is 6.49. The number of rotatable bonds is 5. The van der Waals surface area contributed by atoms with Crippen molar-refractivity contribution in [2.24, 2.45) is 17.3 Å². The molecule has 0 bridgehead atoms. The molecule has 7 heteroatoms. The van der Waals surface area contributed by atoms with E-state index in [4.69, 9.17) is 16.3 Å². The molecule has 2 nitrogen and oxygen atoms in total. The van der Waals surface area contributed by atoms with Crippen LogP contribution in [0.5, 0.6) is 0 Å². The third kappa shape index (κ3) is 4.81. The molecule has 154 valence electrons. The Labute approximate surface area is 171 Å². The average molecular weight is 427 g/mol. The molecule has 0 aliphatic heterocycles. The first-order chi connectivity index (χ1) is 13.5. The van der Waals surface area contributed by atoms with Crippen molar-refractivity contribution < 1.29 is 27.1 Å². The predicted molar refractivity (Wildman–Crippen MR) is 102 cm³/mol. The summed E-state index contributed by atoms with van der Waals surface area (Å²) in [7, 11) is 0. The van der Waals surface area contributed by atoms with Gasteiger partial charge in [0.15, 0.2) is 0 Å². The maximum absolute atomic E-state index is 13.4. The lowest BCUT2D eigenvalue weighted by molar-refractivity contribution is -0.147. The van der Waals surface area contributed by atoms with Crippen molar-refractivity contribution in [1.29, 1.82) is 0 Å². The summed E-state index contributed by atoms with van der Waals surface area (Å²) < 4.78 is 56.7. The number of ether oxygens (including phenoxy) is 1. The molecule has 0 spiro atoms. The van der Waals surface area contributed by atoms with Crippen LogP contribution in [0, 0.1) is 23.1 Å². The third-order valence-corrected chi connectivity index (χ3v) is 5.57. The van der Waals surface area contributed by atoms with Gasteiger partial charge in [-0.1, -0.05) is 61.9 Å². The second-order valence-corrected chi connectivity index (χ2v) is 8.06. The molecule has 0 N–H and O–H groups in total. The van der Waals surface area contributed by atoms with Gasteiger partial charge < -0.3 is 4.74 Å². The second-order valence-electron chi connectivity index (χ2n) is 7.66. The fourth-order valence-corrected chi connectivity index (χ4v) is 3.58. The van der Waals surface area contributed by atoms with Crippen LogP contribution >= 0.6 is 11.6 Å². The Kier molecular flexibility index (Phi) is 5.77. The fraction of sp³-hybridized carbons (Fsp3) is 0.318. The zero-order valence-corrected chi connectivity index (χ0v) is 16.5. The minimum atomic E-state index is -4.63. The number of allylic oxidation sites excluding steroid dienone is 2. The highest BCUT2D eigenvalue weighted by Gasteiger charge is 2.62. The lowest BCUT2D eigenvalue weighted by atomic mass is 10.0. The number of alkyl halides is 3. The van der Waals surface area contributed by atoms with Gasteiger partial charge in [0, 0.05) is 0 Å². The second kappa shape index (κ2) is 7.82. The van der Waals surface area contributed by atoms with E-state index in [2.05, 4.69) is 0 Å². The summed E-state index contributed by atoms with van der Waals surface area (Å²) in [4.78, 5) is 12.4. The van der Waals surface area contributed by atoms with Crippen molar-refractivity contribution in [2.75, 3.05) is 0 Å². The van der Waals surface area contributed by atoms with E-state index in [-0.39, 0.29) is 12.4 Å². The maximum atomic E-state index is 13.4. The molecule has 0 aromatic heterocycles. The zero-order valence-electron chi connectivity index (χ0n) is 15.8. The molecule has 1 fully saturated rings. The van der Waals surface area contributed by atoms with Crippen LogP contribution in [-0.2, 0) is 16.1 Å². The van der Waals surface area contributed by atoms with E-state index in [1.807, 2.05) is 6.07 Å². The largest absolute Gasteiger partial charge is 0.461 e. The summed E-state index contributed by atoms with van der Waals surface area (Å²) in [6.07, 6.45) is -3.75. The fourth-order valence-electron chi connectivity index (χ4n) is 3.44. The first kappa shape index (κ1) is 21.4. The van der Waals surface area contributed by atoms with Crippen molar-refractivity contribution in [1.82, 2.24) is 0 Å². The number of benzene rings is 2. The maximum Gasteiger partial charge on any atom is 0.426 e. The first-order valence-corrected chi connectivity index (χ1v) is 9.34. The molecule has 1 aliphatic rings. The molecule has 0 saturated heterocycles. The Morgan fingerprint density at radius 2 is 1.76 bits per heavy atom. The summed E-state index contributed by atoms with van der Waals surface area (Å²) >= 11 is 5.31. The Morgan fingerprint density at radius 1 is 1.14 bits per heavy atom. The standard InChI is InChI=1S/C22H19ClF4O2/c1-21(2)17(11-18(23)22(25,26)27)19(21)20(28)29-12-13-5-3-6-14(9-13)15-7-4-8-16(24)10-15/h3-11,17,19H,12H2,1-2H3/b18-11-. The molecule has 0 radical (unpaired) electrons. The minimum Gasteiger partial charge on any atom is -0.461 e. The van der Waals surface area contributed by atoms with Crippen molar-refractivity contribution in [3.8, 4) is 11.1 Å². The van der Waals surface area contributed by atoms with Crippen LogP contribution in [0.2, 0.25) is 0 Å². The van der Waals surface area contributed by atoms with Gasteiger partial charge in [-0.3, -0.25) is 4.79 Å². The molecule has 2 atom stereocenters. The monoisotopic (exact) mass is 426 g/mol. The molecule has 0 amide bonds. The van der Waals surface area contributed by atoms with Gasteiger partial charge in [0.05, 0.1) is 5.92 Å². The van der Waals surface area contributed by atoms with E-state index in [1.54, 1.807) is 44.2 Å². The Hall–Kier alpha value is -2.34. The van der Waals surface area contributed by atoms with Crippen molar-refractivity contribution >= 4 is 17.6 Å². The molecule has 3 rings (SSSR count). The molecule has 2 unspecified atom stereocenters. The van der Waals surface area contributed by atoms with Crippen LogP contribution in [0.15, 0.2) is 59.6 Å². The minimum absolute atomic E-state index is 0.0298. The van der Waals surface area contributed by atoms with Crippen LogP contribution in [-0.4, -0.2) is 12.1 Å². The number of halogens is 5. The van der Waals surface area contributed by atoms with E-state index < -0.39 is 34.4 Å². The number of hydrogen-bond acceptors (Lipinski definition) is 2. The van der Waals surface area contributed by atoms with Crippen LogP contribution < -0.4 is 0 Å². The molecular formula is C22H19ClF4O2. The molecule has 0 heterocycles. The molecule has 1 aliphatic carbocycles. The number of hydrogen-bond donors (Lipinski definition) is 0. The Bertz CT molecular complexity index is 950. The van der Waals surface area contributed by atoms with Crippen molar-refractivity contribution in [2.45, 2.75) is 26.6 Å². The van der Waals surface area contributed by atoms with Crippen LogP contribution in [0.1, 0.15) is 19.4 Å². The highest BCUT2D eigenvalue weighted by Crippen LogP contribution is 2.60. The van der Waals surface area contributed by atoms with Gasteiger partial charge >= 0.3 is 12.1 Å². The molecular weight excluding hydrogens is 408 g/mol. The van der Waals surface area contributed by atoms with Crippen molar-refractivity contribution in [3.63, 3.8) is 0 Å². The quantitative estimate of drug-likeness (QED) is 0.403. The topological polar surface area (TPSA) is 26.3 Å². The number of carbonyl (C=O) groups excluding carboxylic acids is 1. The summed E-state index contributed by atoms with van der Waals surface area (Å²) in [5, 5.41) is -1.23. The lowest BCUT2D eigenvalue weighted by Gasteiger charge is -2.08. The Morgan fingerprint density at radius 3 is 2.38 bits per heavy atom. The Balaban J connectivity index is 1.66. The van der Waals surface area contributed by atoms with Gasteiger partial charge in [-0.25, -0.2) is 4.39 Å². The molecule has 1 saturated carbocycles. The molecule has 2 aromatic carbocycles. The van der Waals surface area contributed by atoms with Crippen LogP contribution in [0.4, 0.5) is 17.6 Å². The highest BCUT2D eigenvalue weighted by atomic mass is 35.5. The average Bonchev–Trinajstić information content (AvgIpc) is 3.19. The van der Waals surface area contributed by atoms with E-state index in [1.165, 1.54) is 12.1 Å². The van der Waals surface area contributed by atoms with Crippen molar-refractivity contribution in [3.05, 3.63) is 71.0 Å². The SMILES string of the molecule is CC1(C)C(/C=C(\Cl)C(F)(F)F)C1C(=O)OCc1cccc(-c2cccc(F)c2)c1. The number of carbonyl (C=O) groups is 1. The first-order valence-electron chi connectivity index (χ1n) is 8.96. The van der Waals surface area contributed by atoms with E-state index in [0.717, 1.165) is 11.6 Å². The lowest BCUT2D eigenvalue weighted by Crippen LogP contribution is -2.11. The van der Waals surface area contributed by atoms with Crippen LogP contribution in [0.25, 0.3) is 11.1 Å². The van der Waals surface area contributed by atoms with Gasteiger partial charge in [-0.2, -0.15) is 13.2 Å². The van der Waals surface area contributed by atoms with Gasteiger partial charge in [0.1, 0.15) is 17.5 Å². The van der Waals surface area contributed by atoms with Gasteiger partial charge in [0.2, 0.25) is 0 Å². The van der Waals surface area contributed by atoms with Crippen LogP contribution in [0.3, 0.4) is 0 Å². The highest BCUT2D eigenvalue weighted by molar-refractivity contribution is 6.30. The third-order valence-electron chi connectivity index (χ3n) is 5.23. The number of esters is 1. The summed E-state index contributed by atoms with van der Waals surface area (Å²) in [6.45, 7) is 3.37. The van der Waals surface area contributed by atoms with E-state index in [9.17, 15) is 22.4 Å². The van der Waals surface area contributed by atoms with Gasteiger partial charge in [0.25, 0.3) is 0 Å². The van der Waals surface area contributed by atoms with E-state index in [0.29, 0.717) is 11.1 Å². The van der Waals surface area contributed by atoms with E-state index >= 15 is 0 Å². The normalized spacial score (nSPS) is 21.0. The summed E-state index contributed by atoms with van der Waals surface area (Å²) in [5.41, 5.74) is 1.49.